The van der Waals surface area contributed by atoms with Crippen LogP contribution in [0, 0.1) is 6.92 Å². The van der Waals surface area contributed by atoms with Gasteiger partial charge in [-0.1, -0.05) is 12.5 Å². The van der Waals surface area contributed by atoms with Crippen molar-refractivity contribution in [2.75, 3.05) is 64.8 Å². The third-order valence-corrected chi connectivity index (χ3v) is 7.79. The molecule has 2 N–H and O–H groups in total. The average Bonchev–Trinajstić information content (AvgIpc) is 2.84. The summed E-state index contributed by atoms with van der Waals surface area (Å²) < 4.78 is 0. The van der Waals surface area contributed by atoms with Gasteiger partial charge in [-0.05, 0) is 90.8 Å². The lowest BCUT2D eigenvalue weighted by Gasteiger charge is -2.50. The van der Waals surface area contributed by atoms with Crippen LogP contribution in [-0.2, 0) is 0 Å². The second kappa shape index (κ2) is 10.8. The molecule has 3 aliphatic rings. The van der Waals surface area contributed by atoms with E-state index in [0.717, 1.165) is 49.9 Å². The molecule has 0 saturated carbocycles. The van der Waals surface area contributed by atoms with Crippen molar-refractivity contribution in [1.29, 1.82) is 0 Å². The molecule has 0 amide bonds. The van der Waals surface area contributed by atoms with E-state index in [1.165, 1.54) is 58.3 Å². The molecule has 0 radical (unpaired) electrons. The predicted molar refractivity (Wildman–Crippen MR) is 134 cm³/mol. The Morgan fingerprint density at radius 2 is 1.78 bits per heavy atom. The fourth-order valence-corrected chi connectivity index (χ4v) is 5.60. The fourth-order valence-electron chi connectivity index (χ4n) is 5.60. The van der Waals surface area contributed by atoms with Gasteiger partial charge in [0.05, 0.1) is 0 Å². The van der Waals surface area contributed by atoms with Gasteiger partial charge in [-0.3, -0.25) is 9.89 Å². The highest BCUT2D eigenvalue weighted by Crippen LogP contribution is 2.31. The van der Waals surface area contributed by atoms with Crippen LogP contribution in [0.5, 0.6) is 0 Å². The van der Waals surface area contributed by atoms with E-state index >= 15 is 0 Å². The van der Waals surface area contributed by atoms with Gasteiger partial charge >= 0.3 is 0 Å². The van der Waals surface area contributed by atoms with E-state index < -0.39 is 0 Å². The molecule has 3 aliphatic heterocycles. The molecule has 4 rings (SSSR count). The van der Waals surface area contributed by atoms with Gasteiger partial charge in [-0.25, -0.2) is 4.98 Å². The van der Waals surface area contributed by atoms with E-state index in [9.17, 15) is 0 Å². The first-order valence-electron chi connectivity index (χ1n) is 12.7. The number of guanidine groups is 1. The van der Waals surface area contributed by atoms with Crippen LogP contribution in [0.4, 0.5) is 5.82 Å². The lowest BCUT2D eigenvalue weighted by atomic mass is 9.84. The summed E-state index contributed by atoms with van der Waals surface area (Å²) in [6.45, 7) is 10.0. The van der Waals surface area contributed by atoms with E-state index in [0.29, 0.717) is 6.04 Å². The first kappa shape index (κ1) is 23.3. The third kappa shape index (κ3) is 5.73. The Labute approximate surface area is 194 Å². The van der Waals surface area contributed by atoms with Crippen molar-refractivity contribution in [3.63, 3.8) is 0 Å². The quantitative estimate of drug-likeness (QED) is 0.541. The minimum atomic E-state index is 0.269. The largest absolute Gasteiger partial charge is 0.356 e. The zero-order chi connectivity index (χ0) is 22.4. The molecule has 0 atom stereocenters. The Kier molecular flexibility index (Phi) is 7.89. The summed E-state index contributed by atoms with van der Waals surface area (Å²) in [6.07, 6.45) is 8.79. The maximum absolute atomic E-state index is 4.70. The molecular formula is C25H43N7. The molecule has 3 saturated heterocycles. The molecule has 0 aromatic carbocycles. The Hall–Kier alpha value is -1.86. The second-order valence-corrected chi connectivity index (χ2v) is 10.0. The van der Waals surface area contributed by atoms with Gasteiger partial charge in [0.25, 0.3) is 0 Å². The molecule has 0 bridgehead atoms. The Bertz CT molecular complexity index is 742. The van der Waals surface area contributed by atoms with E-state index in [2.05, 4.69) is 62.5 Å². The molecular weight excluding hydrogens is 398 g/mol. The van der Waals surface area contributed by atoms with Crippen molar-refractivity contribution in [2.24, 2.45) is 4.99 Å². The highest BCUT2D eigenvalue weighted by atomic mass is 15.3. The molecule has 0 unspecified atom stereocenters. The molecule has 3 fully saturated rings. The summed E-state index contributed by atoms with van der Waals surface area (Å²) in [4.78, 5) is 17.0. The smallest absolute Gasteiger partial charge is 0.191 e. The van der Waals surface area contributed by atoms with E-state index in [1.807, 2.05) is 7.05 Å². The number of hydrogen-bond donors (Lipinski definition) is 2. The number of rotatable bonds is 5. The lowest BCUT2D eigenvalue weighted by Crippen LogP contribution is -2.62. The fraction of sp³-hybridized carbons (Fsp3) is 0.760. The van der Waals surface area contributed by atoms with Crippen LogP contribution in [0.1, 0.15) is 50.6 Å². The first-order valence-corrected chi connectivity index (χ1v) is 12.7. The molecule has 32 heavy (non-hydrogen) atoms. The Morgan fingerprint density at radius 1 is 1.06 bits per heavy atom. The van der Waals surface area contributed by atoms with E-state index in [-0.39, 0.29) is 5.54 Å². The van der Waals surface area contributed by atoms with Crippen LogP contribution in [0.3, 0.4) is 0 Å². The van der Waals surface area contributed by atoms with Gasteiger partial charge in [0, 0.05) is 44.0 Å². The number of nitrogens with one attached hydrogen (secondary N) is 2. The number of likely N-dealkylation sites (tertiary alicyclic amines) is 2. The number of aliphatic imine (C=N–C) groups is 1. The zero-order valence-electron chi connectivity index (χ0n) is 20.4. The van der Waals surface area contributed by atoms with Crippen molar-refractivity contribution in [3.8, 4) is 0 Å². The van der Waals surface area contributed by atoms with Gasteiger partial charge in [-0.15, -0.1) is 0 Å². The van der Waals surface area contributed by atoms with Crippen molar-refractivity contribution >= 4 is 11.8 Å². The van der Waals surface area contributed by atoms with E-state index in [1.54, 1.807) is 0 Å². The number of piperidine rings is 3. The Balaban J connectivity index is 1.30. The number of nitrogens with zero attached hydrogens (tertiary/aromatic N) is 5. The standard InChI is InChI=1S/C25H43N7/c1-21-8-7-9-23(28-21)31-16-10-22(11-17-31)29-24(26-2)27-20-25(12-18-30(3)19-13-25)32-14-5-4-6-15-32/h7-9,22H,4-6,10-20H2,1-3H3,(H2,26,27,29). The van der Waals surface area contributed by atoms with Crippen LogP contribution < -0.4 is 15.5 Å². The van der Waals surface area contributed by atoms with Gasteiger partial charge in [0.15, 0.2) is 5.96 Å². The Morgan fingerprint density at radius 3 is 2.44 bits per heavy atom. The van der Waals surface area contributed by atoms with E-state index in [4.69, 9.17) is 4.98 Å². The minimum absolute atomic E-state index is 0.269. The molecule has 1 aromatic heterocycles. The monoisotopic (exact) mass is 441 g/mol. The molecule has 7 nitrogen and oxygen atoms in total. The van der Waals surface area contributed by atoms with Gasteiger partial charge in [0.2, 0.25) is 0 Å². The van der Waals surface area contributed by atoms with Gasteiger partial charge in [-0.2, -0.15) is 0 Å². The van der Waals surface area contributed by atoms with Crippen LogP contribution in [-0.4, -0.2) is 92.2 Å². The maximum Gasteiger partial charge on any atom is 0.191 e. The number of anilines is 1. The molecule has 0 aliphatic carbocycles. The summed E-state index contributed by atoms with van der Waals surface area (Å²) in [7, 11) is 4.16. The van der Waals surface area contributed by atoms with Crippen LogP contribution >= 0.6 is 0 Å². The first-order chi connectivity index (χ1) is 15.6. The molecule has 178 valence electrons. The molecule has 7 heteroatoms. The van der Waals surface area contributed by atoms with Crippen molar-refractivity contribution in [3.05, 3.63) is 23.9 Å². The summed E-state index contributed by atoms with van der Waals surface area (Å²) in [5, 5.41) is 7.46. The van der Waals surface area contributed by atoms with Gasteiger partial charge in [0.1, 0.15) is 5.82 Å². The third-order valence-electron chi connectivity index (χ3n) is 7.79. The summed E-state index contributed by atoms with van der Waals surface area (Å²) in [6, 6.07) is 6.76. The summed E-state index contributed by atoms with van der Waals surface area (Å²) in [5.74, 6) is 2.07. The normalized spacial score (nSPS) is 23.8. The van der Waals surface area contributed by atoms with Crippen LogP contribution in [0.25, 0.3) is 0 Å². The van der Waals surface area contributed by atoms with Crippen molar-refractivity contribution in [1.82, 2.24) is 25.4 Å². The number of hydrogen-bond acceptors (Lipinski definition) is 5. The van der Waals surface area contributed by atoms with Crippen LogP contribution in [0.2, 0.25) is 0 Å². The predicted octanol–water partition coefficient (Wildman–Crippen LogP) is 2.47. The molecule has 1 aromatic rings. The van der Waals surface area contributed by atoms with Gasteiger partial charge < -0.3 is 20.4 Å². The van der Waals surface area contributed by atoms with Crippen molar-refractivity contribution < 1.29 is 0 Å². The SMILES string of the molecule is CN=C(NCC1(N2CCCCC2)CCN(C)CC1)NC1CCN(c2cccc(C)n2)CC1. The zero-order valence-corrected chi connectivity index (χ0v) is 20.4. The maximum atomic E-state index is 4.70. The second-order valence-electron chi connectivity index (χ2n) is 10.0. The molecule has 0 spiro atoms. The highest BCUT2D eigenvalue weighted by Gasteiger charge is 2.39. The van der Waals surface area contributed by atoms with Crippen molar-refractivity contribution in [2.45, 2.75) is 63.5 Å². The summed E-state index contributed by atoms with van der Waals surface area (Å²) in [5.41, 5.74) is 1.36. The topological polar surface area (TPSA) is 59.0 Å². The lowest BCUT2D eigenvalue weighted by molar-refractivity contribution is 0.0173. The molecule has 4 heterocycles. The highest BCUT2D eigenvalue weighted by molar-refractivity contribution is 5.80. The number of aryl methyl sites for hydroxylation is 1. The number of aromatic nitrogens is 1. The number of pyridine rings is 1. The summed E-state index contributed by atoms with van der Waals surface area (Å²) >= 11 is 0. The van der Waals surface area contributed by atoms with Crippen LogP contribution in [0.15, 0.2) is 23.2 Å². The minimum Gasteiger partial charge on any atom is -0.356 e. The average molecular weight is 442 g/mol.